The number of methoxy groups -OCH3 is 2. The first-order valence-corrected chi connectivity index (χ1v) is 6.62. The Labute approximate surface area is 125 Å². The quantitative estimate of drug-likeness (QED) is 0.796. The number of hydrogen-bond acceptors (Lipinski definition) is 6. The number of rotatable bonds is 3. The summed E-state index contributed by atoms with van der Waals surface area (Å²) >= 11 is 6.08. The summed E-state index contributed by atoms with van der Waals surface area (Å²) < 4.78 is 10.3. The zero-order chi connectivity index (χ0) is 15.1. The average Bonchev–Trinajstić information content (AvgIpc) is 3.04. The molecule has 110 valence electrons. The van der Waals surface area contributed by atoms with Crippen LogP contribution in [-0.2, 0) is 9.59 Å². The predicted octanol–water partition coefficient (Wildman–Crippen LogP) is 1.68. The lowest BCUT2D eigenvalue weighted by Gasteiger charge is -2.19. The first-order chi connectivity index (χ1) is 10.1. The molecule has 2 atom stereocenters. The standard InChI is InChI=1S/C13H12ClN3O4/c1-20-9-4-10(21-2)8(3-7(9)14)17-12(18)6-5-15-16-11(6)13(17)19/h3-4,6,11H,5H2,1-2H3/t6-,11+/m0/s1. The van der Waals surface area contributed by atoms with E-state index < -0.39 is 17.9 Å². The number of halogens is 1. The summed E-state index contributed by atoms with van der Waals surface area (Å²) in [5.41, 5.74) is 0.294. The fourth-order valence-electron chi connectivity index (χ4n) is 2.50. The molecule has 0 aromatic heterocycles. The van der Waals surface area contributed by atoms with E-state index in [1.165, 1.54) is 26.4 Å². The molecule has 3 rings (SSSR count). The Morgan fingerprint density at radius 3 is 2.52 bits per heavy atom. The maximum absolute atomic E-state index is 12.4. The number of nitrogens with zero attached hydrogens (tertiary/aromatic N) is 3. The zero-order valence-corrected chi connectivity index (χ0v) is 12.1. The highest BCUT2D eigenvalue weighted by molar-refractivity contribution is 6.33. The van der Waals surface area contributed by atoms with Gasteiger partial charge in [-0.2, -0.15) is 10.2 Å². The summed E-state index contributed by atoms with van der Waals surface area (Å²) in [5.74, 6) is -0.547. The normalized spacial score (nSPS) is 23.7. The van der Waals surface area contributed by atoms with Gasteiger partial charge in [-0.05, 0) is 6.07 Å². The Balaban J connectivity index is 2.08. The van der Waals surface area contributed by atoms with Crippen LogP contribution in [-0.4, -0.2) is 38.6 Å². The van der Waals surface area contributed by atoms with Gasteiger partial charge in [0.05, 0.1) is 37.4 Å². The van der Waals surface area contributed by atoms with Crippen molar-refractivity contribution in [2.75, 3.05) is 25.7 Å². The molecular formula is C13H12ClN3O4. The first-order valence-electron chi connectivity index (χ1n) is 6.24. The minimum absolute atomic E-state index is 0.234. The maximum Gasteiger partial charge on any atom is 0.261 e. The van der Waals surface area contributed by atoms with Crippen LogP contribution in [0.15, 0.2) is 22.4 Å². The van der Waals surface area contributed by atoms with Crippen molar-refractivity contribution in [3.8, 4) is 11.5 Å². The van der Waals surface area contributed by atoms with Gasteiger partial charge in [0, 0.05) is 6.07 Å². The number of carbonyl (C=O) groups excluding carboxylic acids is 2. The minimum atomic E-state index is -0.733. The molecule has 2 aliphatic rings. The van der Waals surface area contributed by atoms with Crippen LogP contribution in [0.1, 0.15) is 0 Å². The monoisotopic (exact) mass is 309 g/mol. The van der Waals surface area contributed by atoms with Crippen LogP contribution in [0.25, 0.3) is 0 Å². The highest BCUT2D eigenvalue weighted by Gasteiger charge is 2.51. The SMILES string of the molecule is COc1cc(OC)c(N2C(=O)[C@H]3CN=N[C@H]3C2=O)cc1Cl. The molecule has 1 aromatic carbocycles. The second-order valence-electron chi connectivity index (χ2n) is 4.66. The van der Waals surface area contributed by atoms with Gasteiger partial charge in [0.2, 0.25) is 5.91 Å². The fourth-order valence-corrected chi connectivity index (χ4v) is 2.74. The number of azo groups is 1. The fraction of sp³-hybridized carbons (Fsp3) is 0.385. The molecule has 2 aliphatic heterocycles. The first kappa shape index (κ1) is 13.8. The lowest BCUT2D eigenvalue weighted by atomic mass is 10.1. The number of amides is 2. The molecule has 0 spiro atoms. The number of ether oxygens (including phenoxy) is 2. The Bertz CT molecular complexity index is 661. The smallest absolute Gasteiger partial charge is 0.261 e. The van der Waals surface area contributed by atoms with E-state index in [2.05, 4.69) is 10.2 Å². The van der Waals surface area contributed by atoms with Crippen LogP contribution in [0.5, 0.6) is 11.5 Å². The molecule has 0 radical (unpaired) electrons. The van der Waals surface area contributed by atoms with Crippen molar-refractivity contribution in [1.29, 1.82) is 0 Å². The van der Waals surface area contributed by atoms with Gasteiger partial charge in [0.25, 0.3) is 5.91 Å². The van der Waals surface area contributed by atoms with Crippen molar-refractivity contribution in [2.24, 2.45) is 16.1 Å². The summed E-state index contributed by atoms with van der Waals surface area (Å²) in [6.45, 7) is 0.234. The van der Waals surface area contributed by atoms with Gasteiger partial charge in [0.15, 0.2) is 6.04 Å². The summed E-state index contributed by atoms with van der Waals surface area (Å²) in [7, 11) is 2.91. The number of anilines is 1. The second-order valence-corrected chi connectivity index (χ2v) is 5.07. The molecule has 8 heteroatoms. The summed E-state index contributed by atoms with van der Waals surface area (Å²) in [6.07, 6.45) is 0. The van der Waals surface area contributed by atoms with Gasteiger partial charge >= 0.3 is 0 Å². The average molecular weight is 310 g/mol. The Morgan fingerprint density at radius 2 is 1.90 bits per heavy atom. The van der Waals surface area contributed by atoms with E-state index in [1.54, 1.807) is 0 Å². The van der Waals surface area contributed by atoms with Crippen LogP contribution < -0.4 is 14.4 Å². The third-order valence-corrected chi connectivity index (χ3v) is 3.87. The third-order valence-electron chi connectivity index (χ3n) is 3.57. The Hall–Kier alpha value is -2.15. The minimum Gasteiger partial charge on any atom is -0.495 e. The maximum atomic E-state index is 12.4. The van der Waals surface area contributed by atoms with Crippen LogP contribution in [0, 0.1) is 5.92 Å². The van der Waals surface area contributed by atoms with E-state index >= 15 is 0 Å². The summed E-state index contributed by atoms with van der Waals surface area (Å²) in [6, 6.07) is 2.28. The molecule has 0 N–H and O–H groups in total. The van der Waals surface area contributed by atoms with Crippen molar-refractivity contribution in [3.05, 3.63) is 17.2 Å². The lowest BCUT2D eigenvalue weighted by Crippen LogP contribution is -2.32. The number of imide groups is 1. The third kappa shape index (κ3) is 1.96. The van der Waals surface area contributed by atoms with Gasteiger partial charge < -0.3 is 9.47 Å². The summed E-state index contributed by atoms with van der Waals surface area (Å²) in [4.78, 5) is 25.8. The largest absolute Gasteiger partial charge is 0.495 e. The van der Waals surface area contributed by atoms with Crippen LogP contribution in [0.2, 0.25) is 5.02 Å². The second kappa shape index (κ2) is 5.00. The van der Waals surface area contributed by atoms with Crippen molar-refractivity contribution in [2.45, 2.75) is 6.04 Å². The van der Waals surface area contributed by atoms with Crippen molar-refractivity contribution < 1.29 is 19.1 Å². The van der Waals surface area contributed by atoms with E-state index in [1.807, 2.05) is 0 Å². The van der Waals surface area contributed by atoms with Gasteiger partial charge in [-0.3, -0.25) is 9.59 Å². The number of fused-ring (bicyclic) bond motifs is 1. The highest BCUT2D eigenvalue weighted by atomic mass is 35.5. The zero-order valence-electron chi connectivity index (χ0n) is 11.4. The van der Waals surface area contributed by atoms with E-state index in [9.17, 15) is 9.59 Å². The highest BCUT2D eigenvalue weighted by Crippen LogP contribution is 2.41. The molecule has 0 aliphatic carbocycles. The number of carbonyl (C=O) groups is 2. The van der Waals surface area contributed by atoms with Crippen LogP contribution >= 0.6 is 11.6 Å². The van der Waals surface area contributed by atoms with Gasteiger partial charge in [-0.1, -0.05) is 11.6 Å². The van der Waals surface area contributed by atoms with E-state index in [0.29, 0.717) is 17.2 Å². The number of hydrogen-bond donors (Lipinski definition) is 0. The molecule has 2 amide bonds. The van der Waals surface area contributed by atoms with Gasteiger partial charge in [0.1, 0.15) is 11.5 Å². The molecule has 7 nitrogen and oxygen atoms in total. The topological polar surface area (TPSA) is 80.6 Å². The van der Waals surface area contributed by atoms with E-state index in [4.69, 9.17) is 21.1 Å². The predicted molar refractivity (Wildman–Crippen MR) is 74.1 cm³/mol. The lowest BCUT2D eigenvalue weighted by molar-refractivity contribution is -0.122. The molecule has 21 heavy (non-hydrogen) atoms. The van der Waals surface area contributed by atoms with E-state index in [-0.39, 0.29) is 17.5 Å². The molecule has 1 saturated heterocycles. The van der Waals surface area contributed by atoms with Crippen molar-refractivity contribution in [1.82, 2.24) is 0 Å². The van der Waals surface area contributed by atoms with Crippen LogP contribution in [0.4, 0.5) is 5.69 Å². The molecule has 0 saturated carbocycles. The molecule has 0 unspecified atom stereocenters. The number of benzene rings is 1. The van der Waals surface area contributed by atoms with Crippen molar-refractivity contribution in [3.63, 3.8) is 0 Å². The molecule has 0 bridgehead atoms. The van der Waals surface area contributed by atoms with E-state index in [0.717, 1.165) is 4.90 Å². The van der Waals surface area contributed by atoms with Crippen LogP contribution in [0.3, 0.4) is 0 Å². The molecular weight excluding hydrogens is 298 g/mol. The summed E-state index contributed by atoms with van der Waals surface area (Å²) in [5, 5.41) is 7.88. The molecule has 2 heterocycles. The van der Waals surface area contributed by atoms with Crippen molar-refractivity contribution >= 4 is 29.1 Å². The van der Waals surface area contributed by atoms with Gasteiger partial charge in [-0.25, -0.2) is 4.90 Å². The molecule has 1 aromatic rings. The Morgan fingerprint density at radius 1 is 1.19 bits per heavy atom. The van der Waals surface area contributed by atoms with Gasteiger partial charge in [-0.15, -0.1) is 0 Å². The molecule has 1 fully saturated rings. The Kier molecular flexibility index (Phi) is 3.29.